The Morgan fingerprint density at radius 2 is 2.38 bits per heavy atom. The lowest BCUT2D eigenvalue weighted by Gasteiger charge is -2.03. The molecular weight excluding hydrogens is 204 g/mol. The van der Waals surface area contributed by atoms with Crippen LogP contribution in [0, 0.1) is 0 Å². The molecule has 16 heavy (non-hydrogen) atoms. The molecule has 0 radical (unpaired) electrons. The van der Waals surface area contributed by atoms with E-state index in [9.17, 15) is 0 Å². The Kier molecular flexibility index (Phi) is 2.03. The number of nitrogens with one attached hydrogen (secondary N) is 2. The summed E-state index contributed by atoms with van der Waals surface area (Å²) in [5.41, 5.74) is 1.85. The van der Waals surface area contributed by atoms with Crippen molar-refractivity contribution in [2.24, 2.45) is 0 Å². The highest BCUT2D eigenvalue weighted by atomic mass is 15.2. The molecule has 0 spiro atoms. The molecular formula is C10H10N6. The third kappa shape index (κ3) is 1.60. The summed E-state index contributed by atoms with van der Waals surface area (Å²) in [7, 11) is 0. The van der Waals surface area contributed by atoms with Crippen molar-refractivity contribution in [2.75, 3.05) is 5.32 Å². The molecule has 0 saturated carbocycles. The smallest absolute Gasteiger partial charge is 0.157 e. The molecule has 3 aromatic rings. The summed E-state index contributed by atoms with van der Waals surface area (Å²) >= 11 is 0. The Bertz CT molecular complexity index is 582. The molecule has 3 aromatic heterocycles. The van der Waals surface area contributed by atoms with Gasteiger partial charge in [-0.1, -0.05) is 0 Å². The van der Waals surface area contributed by atoms with Gasteiger partial charge in [0.05, 0.1) is 24.8 Å². The van der Waals surface area contributed by atoms with Crippen LogP contribution in [0.25, 0.3) is 5.65 Å². The number of hydrogen-bond acceptors (Lipinski definition) is 4. The number of H-pyrrole nitrogens is 1. The number of hydrogen-bond donors (Lipinski definition) is 2. The van der Waals surface area contributed by atoms with Crippen molar-refractivity contribution in [1.29, 1.82) is 0 Å². The Morgan fingerprint density at radius 3 is 3.25 bits per heavy atom. The maximum atomic E-state index is 4.39. The molecule has 2 N–H and O–H groups in total. The van der Waals surface area contributed by atoms with E-state index in [1.54, 1.807) is 23.2 Å². The minimum Gasteiger partial charge on any atom is -0.364 e. The lowest BCUT2D eigenvalue weighted by molar-refractivity contribution is 0.934. The third-order valence-electron chi connectivity index (χ3n) is 2.27. The maximum absolute atomic E-state index is 4.39. The lowest BCUT2D eigenvalue weighted by Crippen LogP contribution is -2.02. The molecule has 3 rings (SSSR count). The average Bonchev–Trinajstić information content (AvgIpc) is 2.97. The Labute approximate surface area is 91.4 Å². The van der Waals surface area contributed by atoms with Gasteiger partial charge in [0.15, 0.2) is 5.65 Å². The second-order valence-electron chi connectivity index (χ2n) is 3.38. The van der Waals surface area contributed by atoms with Crippen LogP contribution in [0.15, 0.2) is 37.1 Å². The molecule has 0 unspecified atom stereocenters. The summed E-state index contributed by atoms with van der Waals surface area (Å²) in [5.74, 6) is 0.822. The van der Waals surface area contributed by atoms with Crippen LogP contribution < -0.4 is 5.32 Å². The van der Waals surface area contributed by atoms with Crippen molar-refractivity contribution in [3.05, 3.63) is 42.7 Å². The first-order valence-corrected chi connectivity index (χ1v) is 4.93. The minimum atomic E-state index is 0.678. The van der Waals surface area contributed by atoms with E-state index < -0.39 is 0 Å². The van der Waals surface area contributed by atoms with E-state index in [0.717, 1.165) is 17.2 Å². The van der Waals surface area contributed by atoms with E-state index in [0.29, 0.717) is 6.54 Å². The number of aromatic amines is 1. The van der Waals surface area contributed by atoms with Gasteiger partial charge in [-0.15, -0.1) is 0 Å². The summed E-state index contributed by atoms with van der Waals surface area (Å²) in [5, 5.41) is 7.29. The molecule has 0 aromatic carbocycles. The van der Waals surface area contributed by atoms with Gasteiger partial charge in [-0.2, -0.15) is 5.10 Å². The van der Waals surface area contributed by atoms with E-state index in [-0.39, 0.29) is 0 Å². The molecule has 0 aliphatic carbocycles. The van der Waals surface area contributed by atoms with Gasteiger partial charge < -0.3 is 10.3 Å². The van der Waals surface area contributed by atoms with Crippen LogP contribution in [0.2, 0.25) is 0 Å². The molecule has 80 valence electrons. The zero-order valence-corrected chi connectivity index (χ0v) is 8.46. The van der Waals surface area contributed by atoms with Crippen LogP contribution >= 0.6 is 0 Å². The predicted octanol–water partition coefficient (Wildman–Crippen LogP) is 1.06. The van der Waals surface area contributed by atoms with Crippen LogP contribution in [0.4, 0.5) is 5.82 Å². The fraction of sp³-hybridized carbons (Fsp3) is 0.100. The number of anilines is 1. The highest BCUT2D eigenvalue weighted by molar-refractivity contribution is 5.45. The van der Waals surface area contributed by atoms with E-state index in [1.165, 1.54) is 0 Å². The van der Waals surface area contributed by atoms with Crippen LogP contribution in [-0.2, 0) is 6.54 Å². The Hall–Kier alpha value is -2.37. The molecule has 0 fully saturated rings. The molecule has 0 aliphatic heterocycles. The molecule has 0 atom stereocenters. The molecule has 0 saturated heterocycles. The van der Waals surface area contributed by atoms with Gasteiger partial charge in [-0.25, -0.2) is 14.5 Å². The van der Waals surface area contributed by atoms with Crippen molar-refractivity contribution in [1.82, 2.24) is 24.6 Å². The number of imidazole rings is 1. The standard InChI is InChI=1S/C10H10N6/c1-3-14-16-4-2-9(15-10(1)16)12-6-8-5-11-7-13-8/h1-5,7H,6H2,(H,11,13)(H,12,15). The largest absolute Gasteiger partial charge is 0.364 e. The van der Waals surface area contributed by atoms with Gasteiger partial charge in [-0.3, -0.25) is 0 Å². The Balaban J connectivity index is 1.78. The first-order valence-electron chi connectivity index (χ1n) is 4.93. The highest BCUT2D eigenvalue weighted by Gasteiger charge is 1.98. The van der Waals surface area contributed by atoms with Crippen molar-refractivity contribution in [3.63, 3.8) is 0 Å². The van der Waals surface area contributed by atoms with Crippen LogP contribution in [0.3, 0.4) is 0 Å². The predicted molar refractivity (Wildman–Crippen MR) is 58.9 cm³/mol. The van der Waals surface area contributed by atoms with E-state index in [1.807, 2.05) is 18.3 Å². The summed E-state index contributed by atoms with van der Waals surface area (Å²) < 4.78 is 1.72. The van der Waals surface area contributed by atoms with Crippen molar-refractivity contribution >= 4 is 11.5 Å². The topological polar surface area (TPSA) is 70.9 Å². The fourth-order valence-electron chi connectivity index (χ4n) is 1.48. The van der Waals surface area contributed by atoms with Crippen LogP contribution in [0.1, 0.15) is 5.69 Å². The van der Waals surface area contributed by atoms with E-state index >= 15 is 0 Å². The monoisotopic (exact) mass is 214 g/mol. The molecule has 6 nitrogen and oxygen atoms in total. The molecule has 6 heteroatoms. The number of rotatable bonds is 3. The van der Waals surface area contributed by atoms with E-state index in [2.05, 4.69) is 25.4 Å². The maximum Gasteiger partial charge on any atom is 0.157 e. The third-order valence-corrected chi connectivity index (χ3v) is 2.27. The number of nitrogens with zero attached hydrogens (tertiary/aromatic N) is 4. The SMILES string of the molecule is c1cc2nc(NCc3cnc[nH]3)ccn2n1. The van der Waals surface area contributed by atoms with Gasteiger partial charge >= 0.3 is 0 Å². The highest BCUT2D eigenvalue weighted by Crippen LogP contribution is 2.06. The van der Waals surface area contributed by atoms with E-state index in [4.69, 9.17) is 0 Å². The van der Waals surface area contributed by atoms with Gasteiger partial charge in [0.1, 0.15) is 5.82 Å². The number of fused-ring (bicyclic) bond motifs is 1. The Morgan fingerprint density at radius 1 is 1.38 bits per heavy atom. The van der Waals surface area contributed by atoms with Crippen molar-refractivity contribution in [2.45, 2.75) is 6.54 Å². The normalized spacial score (nSPS) is 10.8. The van der Waals surface area contributed by atoms with Gasteiger partial charge in [0.25, 0.3) is 0 Å². The second kappa shape index (κ2) is 3.65. The van der Waals surface area contributed by atoms with Crippen LogP contribution in [-0.4, -0.2) is 24.6 Å². The zero-order chi connectivity index (χ0) is 10.8. The number of aromatic nitrogens is 5. The van der Waals surface area contributed by atoms with Crippen LogP contribution in [0.5, 0.6) is 0 Å². The summed E-state index contributed by atoms with van der Waals surface area (Å²) in [6.45, 7) is 0.678. The first-order chi connectivity index (χ1) is 7.92. The second-order valence-corrected chi connectivity index (χ2v) is 3.38. The average molecular weight is 214 g/mol. The fourth-order valence-corrected chi connectivity index (χ4v) is 1.48. The zero-order valence-electron chi connectivity index (χ0n) is 8.46. The van der Waals surface area contributed by atoms with Crippen molar-refractivity contribution in [3.8, 4) is 0 Å². The minimum absolute atomic E-state index is 0.678. The molecule has 3 heterocycles. The van der Waals surface area contributed by atoms with Gasteiger partial charge in [0, 0.05) is 18.5 Å². The van der Waals surface area contributed by atoms with Gasteiger partial charge in [-0.05, 0) is 6.07 Å². The molecule has 0 amide bonds. The molecule has 0 bridgehead atoms. The van der Waals surface area contributed by atoms with Crippen molar-refractivity contribution < 1.29 is 0 Å². The lowest BCUT2D eigenvalue weighted by atomic mass is 10.4. The quantitative estimate of drug-likeness (QED) is 0.684. The first kappa shape index (κ1) is 8.90. The summed E-state index contributed by atoms with van der Waals surface area (Å²) in [6, 6.07) is 3.75. The van der Waals surface area contributed by atoms with Gasteiger partial charge in [0.2, 0.25) is 0 Å². The molecule has 0 aliphatic rings. The summed E-state index contributed by atoms with van der Waals surface area (Å²) in [6.07, 6.45) is 7.04. The summed E-state index contributed by atoms with van der Waals surface area (Å²) in [4.78, 5) is 11.4.